The number of benzene rings is 2. The van der Waals surface area contributed by atoms with Crippen LogP contribution >= 0.6 is 11.6 Å². The molecule has 0 aliphatic heterocycles. The Hall–Kier alpha value is -2.59. The Labute approximate surface area is 157 Å². The summed E-state index contributed by atoms with van der Waals surface area (Å²) in [6.07, 6.45) is 1.54. The first-order chi connectivity index (χ1) is 12.5. The molecule has 1 heterocycles. The molecule has 3 aromatic rings. The largest absolute Gasteiger partial charge is 0.356 e. The lowest BCUT2D eigenvalue weighted by Crippen LogP contribution is -2.27. The van der Waals surface area contributed by atoms with Crippen molar-refractivity contribution < 1.29 is 4.79 Å². The van der Waals surface area contributed by atoms with Crippen LogP contribution in [0.3, 0.4) is 0 Å². The minimum atomic E-state index is -0.101. The molecule has 4 nitrogen and oxygen atoms in total. The number of H-pyrrole nitrogens is 1. The number of pyridine rings is 1. The number of carbonyl (C=O) groups excluding carboxylic acids is 1. The van der Waals surface area contributed by atoms with E-state index in [2.05, 4.69) is 10.3 Å². The third-order valence-corrected chi connectivity index (χ3v) is 4.56. The van der Waals surface area contributed by atoms with E-state index in [1.165, 1.54) is 0 Å². The number of hydrogen-bond acceptors (Lipinski definition) is 2. The first-order valence-corrected chi connectivity index (χ1v) is 9.03. The standard InChI is InChI=1S/C21H21ClN2O2/c1-14-5-7-16-13-17(21(26)24-19(16)11-14)9-10-23-20(25)8-6-15-3-2-4-18(22)12-15/h2-5,7,11-13H,6,8-10H2,1H3,(H,23,25)(H,24,26). The fraction of sp³-hybridized carbons (Fsp3) is 0.238. The van der Waals surface area contributed by atoms with Crippen LogP contribution in [0.25, 0.3) is 10.9 Å². The zero-order valence-corrected chi connectivity index (χ0v) is 15.4. The van der Waals surface area contributed by atoms with Crippen molar-refractivity contribution in [3.05, 3.63) is 80.6 Å². The van der Waals surface area contributed by atoms with Gasteiger partial charge in [0.15, 0.2) is 0 Å². The lowest BCUT2D eigenvalue weighted by Gasteiger charge is -2.07. The molecule has 134 valence electrons. The molecule has 5 heteroatoms. The van der Waals surface area contributed by atoms with Gasteiger partial charge in [0.1, 0.15) is 0 Å². The first kappa shape index (κ1) is 18.2. The van der Waals surface area contributed by atoms with Crippen molar-refractivity contribution in [1.29, 1.82) is 0 Å². The molecule has 0 aliphatic rings. The molecule has 0 aliphatic carbocycles. The number of amides is 1. The van der Waals surface area contributed by atoms with Crippen molar-refractivity contribution >= 4 is 28.4 Å². The number of halogens is 1. The molecular formula is C21H21ClN2O2. The van der Waals surface area contributed by atoms with E-state index >= 15 is 0 Å². The Morgan fingerprint density at radius 3 is 2.77 bits per heavy atom. The predicted octanol–water partition coefficient (Wildman–Crippen LogP) is 3.78. The summed E-state index contributed by atoms with van der Waals surface area (Å²) in [6.45, 7) is 2.43. The van der Waals surface area contributed by atoms with Gasteiger partial charge < -0.3 is 10.3 Å². The summed E-state index contributed by atoms with van der Waals surface area (Å²) in [5.41, 5.74) is 3.55. The Morgan fingerprint density at radius 2 is 1.96 bits per heavy atom. The number of aromatic nitrogens is 1. The molecule has 2 N–H and O–H groups in total. The van der Waals surface area contributed by atoms with Crippen molar-refractivity contribution in [2.75, 3.05) is 6.54 Å². The summed E-state index contributed by atoms with van der Waals surface area (Å²) in [4.78, 5) is 27.1. The van der Waals surface area contributed by atoms with Crippen LogP contribution in [-0.4, -0.2) is 17.4 Å². The summed E-state index contributed by atoms with van der Waals surface area (Å²) in [7, 11) is 0. The second-order valence-corrected chi connectivity index (χ2v) is 6.88. The summed E-state index contributed by atoms with van der Waals surface area (Å²) < 4.78 is 0. The van der Waals surface area contributed by atoms with Crippen LogP contribution in [0.15, 0.2) is 53.3 Å². The molecule has 0 bridgehead atoms. The normalized spacial score (nSPS) is 10.8. The van der Waals surface area contributed by atoms with Crippen molar-refractivity contribution in [3.8, 4) is 0 Å². The predicted molar refractivity (Wildman–Crippen MR) is 106 cm³/mol. The molecule has 1 amide bonds. The van der Waals surface area contributed by atoms with Gasteiger partial charge in [-0.05, 0) is 60.5 Å². The quantitative estimate of drug-likeness (QED) is 0.695. The van der Waals surface area contributed by atoms with Gasteiger partial charge in [0, 0.05) is 29.1 Å². The van der Waals surface area contributed by atoms with E-state index in [4.69, 9.17) is 11.6 Å². The van der Waals surface area contributed by atoms with Crippen molar-refractivity contribution in [2.45, 2.75) is 26.2 Å². The molecule has 0 spiro atoms. The Morgan fingerprint density at radius 1 is 1.12 bits per heavy atom. The fourth-order valence-electron chi connectivity index (χ4n) is 2.92. The van der Waals surface area contributed by atoms with E-state index in [0.717, 1.165) is 22.0 Å². The maximum absolute atomic E-state index is 12.2. The highest BCUT2D eigenvalue weighted by atomic mass is 35.5. The molecule has 0 saturated heterocycles. The van der Waals surface area contributed by atoms with Crippen molar-refractivity contribution in [2.24, 2.45) is 0 Å². The minimum Gasteiger partial charge on any atom is -0.356 e. The fourth-order valence-corrected chi connectivity index (χ4v) is 3.13. The monoisotopic (exact) mass is 368 g/mol. The van der Waals surface area contributed by atoms with Crippen LogP contribution in [0.4, 0.5) is 0 Å². The van der Waals surface area contributed by atoms with Gasteiger partial charge in [0.25, 0.3) is 5.56 Å². The second-order valence-electron chi connectivity index (χ2n) is 6.44. The first-order valence-electron chi connectivity index (χ1n) is 8.65. The maximum Gasteiger partial charge on any atom is 0.251 e. The van der Waals surface area contributed by atoms with Crippen molar-refractivity contribution in [3.63, 3.8) is 0 Å². The van der Waals surface area contributed by atoms with Crippen LogP contribution in [0.1, 0.15) is 23.1 Å². The Balaban J connectivity index is 1.53. The van der Waals surface area contributed by atoms with Gasteiger partial charge in [-0.2, -0.15) is 0 Å². The molecule has 1 aromatic heterocycles. The van der Waals surface area contributed by atoms with Gasteiger partial charge in [-0.3, -0.25) is 9.59 Å². The smallest absolute Gasteiger partial charge is 0.251 e. The molecular weight excluding hydrogens is 348 g/mol. The zero-order chi connectivity index (χ0) is 18.5. The molecule has 26 heavy (non-hydrogen) atoms. The minimum absolute atomic E-state index is 0.0298. The van der Waals surface area contributed by atoms with Crippen LogP contribution < -0.4 is 10.9 Å². The van der Waals surface area contributed by atoms with Gasteiger partial charge in [-0.15, -0.1) is 0 Å². The number of fused-ring (bicyclic) bond motifs is 1. The molecule has 2 aromatic carbocycles. The number of aromatic amines is 1. The van der Waals surface area contributed by atoms with Gasteiger partial charge in [0.05, 0.1) is 0 Å². The third kappa shape index (κ3) is 4.73. The summed E-state index contributed by atoms with van der Waals surface area (Å²) >= 11 is 5.94. The van der Waals surface area contributed by atoms with Gasteiger partial charge in [0.2, 0.25) is 5.91 Å². The van der Waals surface area contributed by atoms with Crippen LogP contribution in [0, 0.1) is 6.92 Å². The third-order valence-electron chi connectivity index (χ3n) is 4.32. The van der Waals surface area contributed by atoms with E-state index in [1.807, 2.05) is 55.5 Å². The van der Waals surface area contributed by atoms with E-state index in [0.29, 0.717) is 36.4 Å². The molecule has 0 radical (unpaired) electrons. The van der Waals surface area contributed by atoms with Crippen LogP contribution in [0.2, 0.25) is 5.02 Å². The highest BCUT2D eigenvalue weighted by Crippen LogP contribution is 2.13. The number of hydrogen-bond donors (Lipinski definition) is 2. The summed E-state index contributed by atoms with van der Waals surface area (Å²) in [5, 5.41) is 4.55. The summed E-state index contributed by atoms with van der Waals surface area (Å²) in [5.74, 6) is -0.0298. The number of aryl methyl sites for hydroxylation is 2. The highest BCUT2D eigenvalue weighted by molar-refractivity contribution is 6.30. The second kappa shape index (κ2) is 8.19. The lowest BCUT2D eigenvalue weighted by atomic mass is 10.1. The zero-order valence-electron chi connectivity index (χ0n) is 14.6. The molecule has 3 rings (SSSR count). The number of nitrogens with one attached hydrogen (secondary N) is 2. The molecule has 0 unspecified atom stereocenters. The van der Waals surface area contributed by atoms with Crippen molar-refractivity contribution in [1.82, 2.24) is 10.3 Å². The van der Waals surface area contributed by atoms with Crippen LogP contribution in [-0.2, 0) is 17.6 Å². The maximum atomic E-state index is 12.2. The Kier molecular flexibility index (Phi) is 5.74. The summed E-state index contributed by atoms with van der Waals surface area (Å²) in [6, 6.07) is 15.4. The number of rotatable bonds is 6. The number of carbonyl (C=O) groups is 1. The van der Waals surface area contributed by atoms with E-state index < -0.39 is 0 Å². The average Bonchev–Trinajstić information content (AvgIpc) is 2.60. The van der Waals surface area contributed by atoms with Gasteiger partial charge >= 0.3 is 0 Å². The van der Waals surface area contributed by atoms with E-state index in [-0.39, 0.29) is 11.5 Å². The topological polar surface area (TPSA) is 62.0 Å². The SMILES string of the molecule is Cc1ccc2cc(CCNC(=O)CCc3cccc(Cl)c3)c(=O)[nH]c2c1. The molecule has 0 atom stereocenters. The Bertz CT molecular complexity index is 995. The lowest BCUT2D eigenvalue weighted by molar-refractivity contribution is -0.121. The molecule has 0 fully saturated rings. The van der Waals surface area contributed by atoms with E-state index in [9.17, 15) is 9.59 Å². The van der Waals surface area contributed by atoms with Gasteiger partial charge in [-0.25, -0.2) is 0 Å². The van der Waals surface area contributed by atoms with E-state index in [1.54, 1.807) is 0 Å². The van der Waals surface area contributed by atoms with Gasteiger partial charge in [-0.1, -0.05) is 35.9 Å². The molecule has 0 saturated carbocycles. The highest BCUT2D eigenvalue weighted by Gasteiger charge is 2.06. The van der Waals surface area contributed by atoms with Crippen LogP contribution in [0.5, 0.6) is 0 Å². The average molecular weight is 369 g/mol.